The van der Waals surface area contributed by atoms with Crippen LogP contribution in [0.15, 0.2) is 45.5 Å². The van der Waals surface area contributed by atoms with Gasteiger partial charge in [-0.25, -0.2) is 9.97 Å². The molecule has 1 amide bonds. The van der Waals surface area contributed by atoms with E-state index in [9.17, 15) is 4.79 Å². The van der Waals surface area contributed by atoms with E-state index >= 15 is 0 Å². The van der Waals surface area contributed by atoms with Gasteiger partial charge in [-0.2, -0.15) is 5.10 Å². The first-order valence-corrected chi connectivity index (χ1v) is 11.3. The van der Waals surface area contributed by atoms with Gasteiger partial charge in [-0.05, 0) is 43.1 Å². The SMILES string of the molecule is CCC(=O)Nc1ccc(Sc2nc(NC3CC=NN3)cc(N3CCN(C)CC3)n2)cc1. The van der Waals surface area contributed by atoms with E-state index in [0.717, 1.165) is 54.8 Å². The molecule has 0 radical (unpaired) electrons. The Morgan fingerprint density at radius 3 is 2.65 bits per heavy atom. The van der Waals surface area contributed by atoms with E-state index in [1.807, 2.05) is 43.5 Å². The zero-order valence-electron chi connectivity index (χ0n) is 17.8. The quantitative estimate of drug-likeness (QED) is 0.565. The van der Waals surface area contributed by atoms with E-state index in [4.69, 9.17) is 9.97 Å². The van der Waals surface area contributed by atoms with Crippen LogP contribution >= 0.6 is 11.8 Å². The van der Waals surface area contributed by atoms with Crippen LogP contribution in [0.2, 0.25) is 0 Å². The first kappa shape index (κ1) is 21.4. The molecular weight excluding hydrogens is 412 g/mol. The Morgan fingerprint density at radius 1 is 1.19 bits per heavy atom. The van der Waals surface area contributed by atoms with Crippen LogP contribution in [0.4, 0.5) is 17.3 Å². The summed E-state index contributed by atoms with van der Waals surface area (Å²) in [4.78, 5) is 26.8. The van der Waals surface area contributed by atoms with Gasteiger partial charge in [0.15, 0.2) is 5.16 Å². The molecule has 10 heteroatoms. The van der Waals surface area contributed by atoms with Gasteiger partial charge in [-0.1, -0.05) is 6.92 Å². The minimum atomic E-state index is 0.00355. The number of nitrogens with one attached hydrogen (secondary N) is 3. The van der Waals surface area contributed by atoms with Gasteiger partial charge in [0.2, 0.25) is 5.91 Å². The standard InChI is InChI=1S/C21H28N8OS/c1-3-20(30)23-15-4-6-16(7-5-15)31-21-25-18(24-17-8-9-22-27-17)14-19(26-21)29-12-10-28(2)11-13-29/h4-7,9,14,17,27H,3,8,10-13H2,1-2H3,(H,23,30)(H,24,25,26). The third-order valence-electron chi connectivity index (χ3n) is 5.17. The lowest BCUT2D eigenvalue weighted by Gasteiger charge is -2.33. The summed E-state index contributed by atoms with van der Waals surface area (Å²) in [5.74, 6) is 1.71. The van der Waals surface area contributed by atoms with Crippen LogP contribution in [-0.2, 0) is 4.79 Å². The summed E-state index contributed by atoms with van der Waals surface area (Å²) in [5.41, 5.74) is 3.83. The van der Waals surface area contributed by atoms with Crippen LogP contribution in [0, 0.1) is 0 Å². The summed E-state index contributed by atoms with van der Waals surface area (Å²) < 4.78 is 0. The Morgan fingerprint density at radius 2 is 1.97 bits per heavy atom. The molecule has 2 aliphatic heterocycles. The van der Waals surface area contributed by atoms with Crippen LogP contribution < -0.4 is 21.0 Å². The molecule has 3 N–H and O–H groups in total. The first-order valence-electron chi connectivity index (χ1n) is 10.5. The van der Waals surface area contributed by atoms with Crippen molar-refractivity contribution in [3.05, 3.63) is 30.3 Å². The smallest absolute Gasteiger partial charge is 0.224 e. The van der Waals surface area contributed by atoms with Gasteiger partial charge >= 0.3 is 0 Å². The van der Waals surface area contributed by atoms with Crippen molar-refractivity contribution in [1.82, 2.24) is 20.3 Å². The fourth-order valence-electron chi connectivity index (χ4n) is 3.31. The molecule has 0 bridgehead atoms. The summed E-state index contributed by atoms with van der Waals surface area (Å²) in [6.07, 6.45) is 3.16. The lowest BCUT2D eigenvalue weighted by molar-refractivity contribution is -0.115. The summed E-state index contributed by atoms with van der Waals surface area (Å²) in [7, 11) is 2.14. The molecule has 1 fully saturated rings. The maximum absolute atomic E-state index is 11.6. The van der Waals surface area contributed by atoms with Crippen LogP contribution in [0.25, 0.3) is 0 Å². The van der Waals surface area contributed by atoms with Crippen molar-refractivity contribution in [2.24, 2.45) is 5.10 Å². The molecule has 0 aliphatic carbocycles. The van der Waals surface area contributed by atoms with Crippen LogP contribution in [0.5, 0.6) is 0 Å². The average molecular weight is 441 g/mol. The predicted molar refractivity (Wildman–Crippen MR) is 125 cm³/mol. The topological polar surface area (TPSA) is 97.8 Å². The third-order valence-corrected chi connectivity index (χ3v) is 6.05. The lowest BCUT2D eigenvalue weighted by atomic mass is 10.3. The number of likely N-dealkylation sites (N-methyl/N-ethyl adjacent to an activating group) is 1. The Labute approximate surface area is 186 Å². The maximum atomic E-state index is 11.6. The van der Waals surface area contributed by atoms with Crippen molar-refractivity contribution >= 4 is 41.2 Å². The fourth-order valence-corrected chi connectivity index (χ4v) is 4.08. The molecule has 164 valence electrons. The Balaban J connectivity index is 1.52. The van der Waals surface area contributed by atoms with E-state index in [1.54, 1.807) is 0 Å². The molecule has 1 saturated heterocycles. The van der Waals surface area contributed by atoms with Gasteiger partial charge in [-0.3, -0.25) is 10.2 Å². The highest BCUT2D eigenvalue weighted by atomic mass is 32.2. The second kappa shape index (κ2) is 9.97. The highest BCUT2D eigenvalue weighted by Crippen LogP contribution is 2.29. The molecule has 1 aromatic heterocycles. The number of benzene rings is 1. The second-order valence-electron chi connectivity index (χ2n) is 7.59. The van der Waals surface area contributed by atoms with Crippen molar-refractivity contribution < 1.29 is 4.79 Å². The van der Waals surface area contributed by atoms with Gasteiger partial charge in [-0.15, -0.1) is 0 Å². The number of aromatic nitrogens is 2. The highest BCUT2D eigenvalue weighted by molar-refractivity contribution is 7.99. The van der Waals surface area contributed by atoms with Gasteiger partial charge in [0.1, 0.15) is 17.8 Å². The number of anilines is 3. The summed E-state index contributed by atoms with van der Waals surface area (Å²) in [6.45, 7) is 5.74. The zero-order valence-corrected chi connectivity index (χ0v) is 18.7. The Hall–Kier alpha value is -2.85. The fraction of sp³-hybridized carbons (Fsp3) is 0.429. The van der Waals surface area contributed by atoms with Crippen molar-refractivity contribution in [3.8, 4) is 0 Å². The zero-order chi connectivity index (χ0) is 21.6. The van der Waals surface area contributed by atoms with Crippen LogP contribution in [0.1, 0.15) is 19.8 Å². The largest absolute Gasteiger partial charge is 0.354 e. The predicted octanol–water partition coefficient (Wildman–Crippen LogP) is 2.45. The van der Waals surface area contributed by atoms with Crippen molar-refractivity contribution in [1.29, 1.82) is 0 Å². The number of rotatable bonds is 7. The number of hydrogen-bond acceptors (Lipinski definition) is 9. The van der Waals surface area contributed by atoms with Crippen LogP contribution in [0.3, 0.4) is 0 Å². The van der Waals surface area contributed by atoms with Gasteiger partial charge < -0.3 is 20.4 Å². The molecule has 3 heterocycles. The van der Waals surface area contributed by atoms with Gasteiger partial charge in [0.05, 0.1) is 0 Å². The molecule has 9 nitrogen and oxygen atoms in total. The normalized spacial score (nSPS) is 18.6. The monoisotopic (exact) mass is 440 g/mol. The van der Waals surface area contributed by atoms with E-state index < -0.39 is 0 Å². The Kier molecular flexibility index (Phi) is 6.88. The van der Waals surface area contributed by atoms with E-state index in [2.05, 4.69) is 38.0 Å². The molecule has 2 aromatic rings. The molecular formula is C21H28N8OS. The Bertz CT molecular complexity index is 919. The second-order valence-corrected chi connectivity index (χ2v) is 8.63. The molecule has 1 aromatic carbocycles. The van der Waals surface area contributed by atoms with Gasteiger partial charge in [0.25, 0.3) is 0 Å². The van der Waals surface area contributed by atoms with Crippen LogP contribution in [-0.4, -0.2) is 66.4 Å². The van der Waals surface area contributed by atoms with E-state index in [1.165, 1.54) is 11.8 Å². The summed E-state index contributed by atoms with van der Waals surface area (Å²) in [5, 5.41) is 11.0. The van der Waals surface area contributed by atoms with Gasteiger partial charge in [0, 0.05) is 61.9 Å². The maximum Gasteiger partial charge on any atom is 0.224 e. The molecule has 0 saturated carbocycles. The molecule has 2 aliphatic rings. The number of hydrazone groups is 1. The third kappa shape index (κ3) is 5.86. The molecule has 0 spiro atoms. The summed E-state index contributed by atoms with van der Waals surface area (Å²) >= 11 is 1.51. The van der Waals surface area contributed by atoms with Crippen molar-refractivity contribution in [2.45, 2.75) is 36.0 Å². The number of amides is 1. The molecule has 1 atom stereocenters. The number of piperazine rings is 1. The minimum absolute atomic E-state index is 0.00355. The van der Waals surface area contributed by atoms with E-state index in [-0.39, 0.29) is 12.1 Å². The average Bonchev–Trinajstić information content (AvgIpc) is 3.28. The highest BCUT2D eigenvalue weighted by Gasteiger charge is 2.19. The van der Waals surface area contributed by atoms with E-state index in [0.29, 0.717) is 11.6 Å². The first-order chi connectivity index (χ1) is 15.1. The van der Waals surface area contributed by atoms with Crippen molar-refractivity contribution in [3.63, 3.8) is 0 Å². The number of carbonyl (C=O) groups excluding carboxylic acids is 1. The molecule has 31 heavy (non-hydrogen) atoms. The lowest BCUT2D eigenvalue weighted by Crippen LogP contribution is -2.45. The number of carbonyl (C=O) groups is 1. The van der Waals surface area contributed by atoms with Crippen molar-refractivity contribution in [2.75, 3.05) is 48.8 Å². The minimum Gasteiger partial charge on any atom is -0.354 e. The molecule has 1 unspecified atom stereocenters. The number of hydrogen-bond donors (Lipinski definition) is 3. The number of nitrogens with zero attached hydrogens (tertiary/aromatic N) is 5. The summed E-state index contributed by atoms with van der Waals surface area (Å²) in [6, 6.07) is 9.76. The molecule has 4 rings (SSSR count).